The zero-order chi connectivity index (χ0) is 21.1. The van der Waals surface area contributed by atoms with Crippen molar-refractivity contribution in [3.63, 3.8) is 0 Å². The molecule has 0 aliphatic rings. The zero-order valence-corrected chi connectivity index (χ0v) is 18.5. The number of methoxy groups -OCH3 is 1. The second-order valence-corrected chi connectivity index (χ2v) is 8.36. The van der Waals surface area contributed by atoms with Crippen LogP contribution in [0.2, 0.25) is 0 Å². The number of nitrogens with zero attached hydrogens (tertiary/aromatic N) is 3. The van der Waals surface area contributed by atoms with Gasteiger partial charge < -0.3 is 4.74 Å². The molecule has 1 heterocycles. The van der Waals surface area contributed by atoms with E-state index in [0.717, 1.165) is 33.7 Å². The van der Waals surface area contributed by atoms with E-state index in [4.69, 9.17) is 4.74 Å². The predicted molar refractivity (Wildman–Crippen MR) is 124 cm³/mol. The Bertz CT molecular complexity index is 1170. The van der Waals surface area contributed by atoms with Crippen LogP contribution in [0.3, 0.4) is 0 Å². The fourth-order valence-corrected chi connectivity index (χ4v) is 4.23. The smallest absolute Gasteiger partial charge is 0.196 e. The van der Waals surface area contributed by atoms with Gasteiger partial charge in [-0.2, -0.15) is 0 Å². The van der Waals surface area contributed by atoms with Gasteiger partial charge in [0, 0.05) is 17.0 Å². The van der Waals surface area contributed by atoms with E-state index in [1.165, 1.54) is 22.3 Å². The highest BCUT2D eigenvalue weighted by Gasteiger charge is 2.16. The topological polar surface area (TPSA) is 39.9 Å². The van der Waals surface area contributed by atoms with Crippen LogP contribution in [0, 0.1) is 20.8 Å². The molecule has 0 spiro atoms. The maximum absolute atomic E-state index is 5.33. The lowest BCUT2D eigenvalue weighted by atomic mass is 10.1. The average Bonchev–Trinajstić information content (AvgIpc) is 3.18. The lowest BCUT2D eigenvalue weighted by Crippen LogP contribution is -2.00. The van der Waals surface area contributed by atoms with Crippen molar-refractivity contribution in [2.45, 2.75) is 31.7 Å². The van der Waals surface area contributed by atoms with E-state index in [-0.39, 0.29) is 0 Å². The molecule has 0 saturated heterocycles. The highest BCUT2D eigenvalue weighted by atomic mass is 32.2. The maximum Gasteiger partial charge on any atom is 0.196 e. The van der Waals surface area contributed by atoms with Gasteiger partial charge in [-0.1, -0.05) is 53.7 Å². The Morgan fingerprint density at radius 1 is 0.867 bits per heavy atom. The number of aryl methyl sites for hydroxylation is 3. The minimum Gasteiger partial charge on any atom is -0.497 e. The summed E-state index contributed by atoms with van der Waals surface area (Å²) in [6, 6.07) is 23.0. The monoisotopic (exact) mass is 415 g/mol. The van der Waals surface area contributed by atoms with Crippen LogP contribution in [0.1, 0.15) is 22.3 Å². The van der Waals surface area contributed by atoms with E-state index in [0.29, 0.717) is 0 Å². The third-order valence-corrected chi connectivity index (χ3v) is 6.18. The summed E-state index contributed by atoms with van der Waals surface area (Å²) in [5.74, 6) is 2.50. The van der Waals surface area contributed by atoms with Crippen LogP contribution < -0.4 is 4.74 Å². The second kappa shape index (κ2) is 8.76. The molecule has 0 unspecified atom stereocenters. The number of hydrogen-bond donors (Lipinski definition) is 0. The first-order valence-electron chi connectivity index (χ1n) is 9.91. The molecule has 1 aromatic heterocycles. The molecule has 0 bridgehead atoms. The maximum atomic E-state index is 5.33. The van der Waals surface area contributed by atoms with Crippen molar-refractivity contribution in [1.82, 2.24) is 14.8 Å². The summed E-state index contributed by atoms with van der Waals surface area (Å²) in [5, 5.41) is 9.96. The van der Waals surface area contributed by atoms with Crippen molar-refractivity contribution in [3.8, 4) is 22.8 Å². The molecule has 0 saturated carbocycles. The van der Waals surface area contributed by atoms with Gasteiger partial charge in [0.25, 0.3) is 0 Å². The largest absolute Gasteiger partial charge is 0.497 e. The Balaban J connectivity index is 1.73. The normalized spacial score (nSPS) is 10.9. The standard InChI is InChI=1S/C25H25N3OS/c1-17-6-5-7-21(14-17)24-26-27-25(28(24)22-10-12-23(29-4)13-11-22)30-16-20-9-8-18(2)19(3)15-20/h5-15H,16H2,1-4H3. The van der Waals surface area contributed by atoms with E-state index in [1.807, 2.05) is 24.3 Å². The van der Waals surface area contributed by atoms with Gasteiger partial charge in [-0.05, 0) is 67.8 Å². The van der Waals surface area contributed by atoms with Crippen molar-refractivity contribution < 1.29 is 4.74 Å². The van der Waals surface area contributed by atoms with Crippen LogP contribution >= 0.6 is 11.8 Å². The lowest BCUT2D eigenvalue weighted by molar-refractivity contribution is 0.414. The Hall–Kier alpha value is -3.05. The summed E-state index contributed by atoms with van der Waals surface area (Å²) in [7, 11) is 1.68. The van der Waals surface area contributed by atoms with E-state index in [2.05, 4.69) is 78.0 Å². The molecule has 152 valence electrons. The molecule has 30 heavy (non-hydrogen) atoms. The summed E-state index contributed by atoms with van der Waals surface area (Å²) < 4.78 is 7.45. The van der Waals surface area contributed by atoms with Crippen LogP contribution in [0.15, 0.2) is 71.9 Å². The third-order valence-electron chi connectivity index (χ3n) is 5.18. The molecule has 0 radical (unpaired) electrons. The van der Waals surface area contributed by atoms with Crippen molar-refractivity contribution in [2.75, 3.05) is 7.11 Å². The van der Waals surface area contributed by atoms with Gasteiger partial charge in [0.2, 0.25) is 0 Å². The summed E-state index contributed by atoms with van der Waals surface area (Å²) in [5.41, 5.74) is 7.17. The molecular weight excluding hydrogens is 390 g/mol. The fourth-order valence-electron chi connectivity index (χ4n) is 3.34. The number of rotatable bonds is 6. The number of hydrogen-bond acceptors (Lipinski definition) is 4. The number of ether oxygens (including phenoxy) is 1. The lowest BCUT2D eigenvalue weighted by Gasteiger charge is -2.12. The number of aromatic nitrogens is 3. The van der Waals surface area contributed by atoms with E-state index in [1.54, 1.807) is 18.9 Å². The van der Waals surface area contributed by atoms with Crippen LogP contribution in [0.25, 0.3) is 17.1 Å². The molecular formula is C25H25N3OS. The number of thioether (sulfide) groups is 1. The first-order chi connectivity index (χ1) is 14.5. The second-order valence-electron chi connectivity index (χ2n) is 7.42. The SMILES string of the molecule is COc1ccc(-n2c(SCc3ccc(C)c(C)c3)nnc2-c2cccc(C)c2)cc1. The zero-order valence-electron chi connectivity index (χ0n) is 17.7. The Morgan fingerprint density at radius 3 is 2.37 bits per heavy atom. The van der Waals surface area contributed by atoms with Crippen LogP contribution in [0.4, 0.5) is 0 Å². The third kappa shape index (κ3) is 4.26. The van der Waals surface area contributed by atoms with Crippen LogP contribution in [-0.4, -0.2) is 21.9 Å². The summed E-state index contributed by atoms with van der Waals surface area (Å²) in [6.07, 6.45) is 0. The molecule has 0 fully saturated rings. The Kier molecular flexibility index (Phi) is 5.91. The fraction of sp³-hybridized carbons (Fsp3) is 0.200. The minimum atomic E-state index is 0.827. The van der Waals surface area contributed by atoms with Crippen molar-refractivity contribution in [1.29, 1.82) is 0 Å². The predicted octanol–water partition coefficient (Wildman–Crippen LogP) is 6.16. The highest BCUT2D eigenvalue weighted by Crippen LogP contribution is 2.31. The highest BCUT2D eigenvalue weighted by molar-refractivity contribution is 7.98. The molecule has 0 amide bonds. The van der Waals surface area contributed by atoms with Crippen LogP contribution in [-0.2, 0) is 5.75 Å². The first-order valence-corrected chi connectivity index (χ1v) is 10.9. The van der Waals surface area contributed by atoms with Crippen molar-refractivity contribution >= 4 is 11.8 Å². The molecule has 0 N–H and O–H groups in total. The summed E-state index contributed by atoms with van der Waals surface area (Å²) in [6.45, 7) is 6.38. The summed E-state index contributed by atoms with van der Waals surface area (Å²) >= 11 is 1.70. The van der Waals surface area contributed by atoms with Crippen molar-refractivity contribution in [2.24, 2.45) is 0 Å². The van der Waals surface area contributed by atoms with E-state index >= 15 is 0 Å². The molecule has 3 aromatic carbocycles. The van der Waals surface area contributed by atoms with Gasteiger partial charge in [0.15, 0.2) is 11.0 Å². The van der Waals surface area contributed by atoms with Gasteiger partial charge in [-0.15, -0.1) is 10.2 Å². The molecule has 0 aliphatic carbocycles. The molecule has 0 aliphatic heterocycles. The van der Waals surface area contributed by atoms with E-state index in [9.17, 15) is 0 Å². The Morgan fingerprint density at radius 2 is 1.67 bits per heavy atom. The van der Waals surface area contributed by atoms with E-state index < -0.39 is 0 Å². The van der Waals surface area contributed by atoms with Crippen molar-refractivity contribution in [3.05, 3.63) is 89.0 Å². The average molecular weight is 416 g/mol. The van der Waals surface area contributed by atoms with Gasteiger partial charge in [0.05, 0.1) is 7.11 Å². The minimum absolute atomic E-state index is 0.827. The molecule has 4 nitrogen and oxygen atoms in total. The quantitative estimate of drug-likeness (QED) is 0.354. The summed E-state index contributed by atoms with van der Waals surface area (Å²) in [4.78, 5) is 0. The van der Waals surface area contributed by atoms with Gasteiger partial charge in [0.1, 0.15) is 5.75 Å². The number of benzene rings is 3. The molecule has 4 rings (SSSR count). The first kappa shape index (κ1) is 20.2. The molecule has 5 heteroatoms. The molecule has 0 atom stereocenters. The Labute approximate surface area is 181 Å². The van der Waals surface area contributed by atoms with Gasteiger partial charge in [-0.3, -0.25) is 4.57 Å². The van der Waals surface area contributed by atoms with Gasteiger partial charge in [-0.25, -0.2) is 0 Å². The van der Waals surface area contributed by atoms with Crippen LogP contribution in [0.5, 0.6) is 5.75 Å². The molecule has 4 aromatic rings. The van der Waals surface area contributed by atoms with Gasteiger partial charge >= 0.3 is 0 Å².